The Morgan fingerprint density at radius 3 is 2.35 bits per heavy atom. The van der Waals surface area contributed by atoms with Crippen LogP contribution in [0, 0.1) is 0 Å². The van der Waals surface area contributed by atoms with E-state index in [0.717, 1.165) is 28.0 Å². The second-order valence-corrected chi connectivity index (χ2v) is 6.41. The second kappa shape index (κ2) is 6.48. The minimum atomic E-state index is -0.00610. The summed E-state index contributed by atoms with van der Waals surface area (Å²) in [6, 6.07) is 21.2. The van der Waals surface area contributed by atoms with Crippen LogP contribution < -0.4 is 4.90 Å². The number of nitrogens with one attached hydrogen (secondary N) is 1. The Bertz CT molecular complexity index is 1060. The Morgan fingerprint density at radius 1 is 0.923 bits per heavy atom. The standard InChI is InChI=1S/C22H19N3O/c1-25(2)16-12-10-15(11-13-16)22(26)20-17-7-3-4-8-18(17)24-21(20)19-9-5-6-14-23-19/h3-14,24H,1-2H3. The van der Waals surface area contributed by atoms with E-state index in [2.05, 4.69) is 9.97 Å². The van der Waals surface area contributed by atoms with E-state index in [9.17, 15) is 4.79 Å². The van der Waals surface area contributed by atoms with Gasteiger partial charge in [0.05, 0.1) is 17.0 Å². The first-order valence-corrected chi connectivity index (χ1v) is 8.49. The van der Waals surface area contributed by atoms with Crippen molar-refractivity contribution in [3.05, 3.63) is 84.1 Å². The third-order valence-electron chi connectivity index (χ3n) is 4.50. The van der Waals surface area contributed by atoms with E-state index >= 15 is 0 Å². The number of hydrogen-bond acceptors (Lipinski definition) is 3. The first-order valence-electron chi connectivity index (χ1n) is 8.49. The van der Waals surface area contributed by atoms with Gasteiger partial charge in [-0.2, -0.15) is 0 Å². The third-order valence-corrected chi connectivity index (χ3v) is 4.50. The van der Waals surface area contributed by atoms with E-state index in [1.165, 1.54) is 0 Å². The molecule has 2 heterocycles. The Hall–Kier alpha value is -3.40. The number of H-pyrrole nitrogens is 1. The molecule has 128 valence electrons. The molecule has 0 atom stereocenters. The molecule has 4 heteroatoms. The minimum Gasteiger partial charge on any atom is -0.378 e. The fourth-order valence-corrected chi connectivity index (χ4v) is 3.14. The van der Waals surface area contributed by atoms with Crippen LogP contribution in [0.15, 0.2) is 72.9 Å². The number of fused-ring (bicyclic) bond motifs is 1. The highest BCUT2D eigenvalue weighted by Crippen LogP contribution is 2.31. The van der Waals surface area contributed by atoms with Crippen molar-refractivity contribution in [2.24, 2.45) is 0 Å². The molecule has 0 radical (unpaired) electrons. The number of rotatable bonds is 4. The number of carbonyl (C=O) groups excluding carboxylic acids is 1. The second-order valence-electron chi connectivity index (χ2n) is 6.41. The molecule has 0 bridgehead atoms. The van der Waals surface area contributed by atoms with Crippen molar-refractivity contribution < 1.29 is 4.79 Å². The largest absolute Gasteiger partial charge is 0.378 e. The normalized spacial score (nSPS) is 10.8. The van der Waals surface area contributed by atoms with E-state index < -0.39 is 0 Å². The molecule has 0 fully saturated rings. The predicted molar refractivity (Wildman–Crippen MR) is 106 cm³/mol. The molecule has 0 aliphatic rings. The molecular weight excluding hydrogens is 322 g/mol. The third kappa shape index (κ3) is 2.75. The number of hydrogen-bond donors (Lipinski definition) is 1. The molecular formula is C22H19N3O. The van der Waals surface area contributed by atoms with Gasteiger partial charge in [-0.25, -0.2) is 0 Å². The summed E-state index contributed by atoms with van der Waals surface area (Å²) < 4.78 is 0. The molecule has 0 amide bonds. The summed E-state index contributed by atoms with van der Waals surface area (Å²) in [6.45, 7) is 0. The highest BCUT2D eigenvalue weighted by atomic mass is 16.1. The van der Waals surface area contributed by atoms with Gasteiger partial charge in [0.1, 0.15) is 0 Å². The zero-order chi connectivity index (χ0) is 18.1. The average molecular weight is 341 g/mol. The summed E-state index contributed by atoms with van der Waals surface area (Å²) in [4.78, 5) is 23.1. The molecule has 4 aromatic rings. The molecule has 26 heavy (non-hydrogen) atoms. The quantitative estimate of drug-likeness (QED) is 0.555. The maximum atomic E-state index is 13.3. The van der Waals surface area contributed by atoms with Gasteiger partial charge < -0.3 is 9.88 Å². The van der Waals surface area contributed by atoms with Gasteiger partial charge >= 0.3 is 0 Å². The van der Waals surface area contributed by atoms with E-state index in [1.807, 2.05) is 85.7 Å². The summed E-state index contributed by atoms with van der Waals surface area (Å²) in [5.74, 6) is -0.00610. The summed E-state index contributed by atoms with van der Waals surface area (Å²) >= 11 is 0. The Kier molecular flexibility index (Phi) is 4.01. The maximum Gasteiger partial charge on any atom is 0.195 e. The summed E-state index contributed by atoms with van der Waals surface area (Å²) in [5, 5.41) is 0.912. The van der Waals surface area contributed by atoms with Gasteiger partial charge in [0.25, 0.3) is 0 Å². The topological polar surface area (TPSA) is 49.0 Å². The molecule has 0 unspecified atom stereocenters. The van der Waals surface area contributed by atoms with Crippen molar-refractivity contribution in [3.8, 4) is 11.4 Å². The Labute approximate surface area is 152 Å². The molecule has 0 spiro atoms. The van der Waals surface area contributed by atoms with Crippen LogP contribution in [0.2, 0.25) is 0 Å². The predicted octanol–water partition coefficient (Wildman–Crippen LogP) is 4.53. The lowest BCUT2D eigenvalue weighted by atomic mass is 9.98. The molecule has 2 aromatic heterocycles. The molecule has 1 N–H and O–H groups in total. The molecule has 0 saturated heterocycles. The highest BCUT2D eigenvalue weighted by molar-refractivity contribution is 6.20. The van der Waals surface area contributed by atoms with Crippen molar-refractivity contribution in [1.29, 1.82) is 0 Å². The molecule has 0 aliphatic carbocycles. The first kappa shape index (κ1) is 16.1. The average Bonchev–Trinajstić information content (AvgIpc) is 3.08. The zero-order valence-corrected chi connectivity index (χ0v) is 14.7. The Morgan fingerprint density at radius 2 is 1.65 bits per heavy atom. The van der Waals surface area contributed by atoms with Crippen molar-refractivity contribution in [3.63, 3.8) is 0 Å². The number of aromatic amines is 1. The van der Waals surface area contributed by atoms with Crippen LogP contribution in [0.1, 0.15) is 15.9 Å². The molecule has 4 rings (SSSR count). The van der Waals surface area contributed by atoms with Crippen molar-refractivity contribution in [2.75, 3.05) is 19.0 Å². The molecule has 0 aliphatic heterocycles. The highest BCUT2D eigenvalue weighted by Gasteiger charge is 2.21. The smallest absolute Gasteiger partial charge is 0.195 e. The molecule has 0 saturated carbocycles. The number of benzene rings is 2. The summed E-state index contributed by atoms with van der Waals surface area (Å²) in [7, 11) is 3.96. The van der Waals surface area contributed by atoms with Crippen LogP contribution in [0.3, 0.4) is 0 Å². The summed E-state index contributed by atoms with van der Waals surface area (Å²) in [5.41, 5.74) is 4.84. The van der Waals surface area contributed by atoms with Crippen LogP contribution in [-0.4, -0.2) is 29.8 Å². The van der Waals surface area contributed by atoms with Crippen molar-refractivity contribution in [2.45, 2.75) is 0 Å². The lowest BCUT2D eigenvalue weighted by Crippen LogP contribution is -2.09. The number of ketones is 1. The van der Waals surface area contributed by atoms with E-state index in [-0.39, 0.29) is 5.78 Å². The van der Waals surface area contributed by atoms with Crippen molar-refractivity contribution in [1.82, 2.24) is 9.97 Å². The monoisotopic (exact) mass is 341 g/mol. The fraction of sp³-hybridized carbons (Fsp3) is 0.0909. The van der Waals surface area contributed by atoms with Crippen molar-refractivity contribution >= 4 is 22.4 Å². The van der Waals surface area contributed by atoms with Gasteiger partial charge in [0.2, 0.25) is 0 Å². The minimum absolute atomic E-state index is 0.00610. The SMILES string of the molecule is CN(C)c1ccc(C(=O)c2c(-c3ccccn3)[nH]c3ccccc23)cc1. The zero-order valence-electron chi connectivity index (χ0n) is 14.7. The van der Waals surface area contributed by atoms with E-state index in [4.69, 9.17) is 0 Å². The lowest BCUT2D eigenvalue weighted by molar-refractivity contribution is 0.104. The van der Waals surface area contributed by atoms with Gasteiger partial charge in [0.15, 0.2) is 5.78 Å². The number of pyridine rings is 1. The molecule has 4 nitrogen and oxygen atoms in total. The Balaban J connectivity index is 1.88. The number of anilines is 1. The summed E-state index contributed by atoms with van der Waals surface area (Å²) in [6.07, 6.45) is 1.74. The number of carbonyl (C=O) groups is 1. The fourth-order valence-electron chi connectivity index (χ4n) is 3.14. The van der Waals surface area contributed by atoms with Gasteiger partial charge in [0, 0.05) is 42.4 Å². The first-order chi connectivity index (χ1) is 12.6. The van der Waals surface area contributed by atoms with Gasteiger partial charge in [-0.15, -0.1) is 0 Å². The number of aromatic nitrogens is 2. The lowest BCUT2D eigenvalue weighted by Gasteiger charge is -2.12. The van der Waals surface area contributed by atoms with E-state index in [1.54, 1.807) is 6.20 Å². The van der Waals surface area contributed by atoms with Crippen LogP contribution in [-0.2, 0) is 0 Å². The maximum absolute atomic E-state index is 13.3. The van der Waals surface area contributed by atoms with Gasteiger partial charge in [-0.1, -0.05) is 24.3 Å². The van der Waals surface area contributed by atoms with Crippen LogP contribution >= 0.6 is 0 Å². The van der Waals surface area contributed by atoms with Crippen LogP contribution in [0.25, 0.3) is 22.3 Å². The van der Waals surface area contributed by atoms with Gasteiger partial charge in [-0.3, -0.25) is 9.78 Å². The van der Waals surface area contributed by atoms with Crippen LogP contribution in [0.5, 0.6) is 0 Å². The van der Waals surface area contributed by atoms with Crippen LogP contribution in [0.4, 0.5) is 5.69 Å². The number of nitrogens with zero attached hydrogens (tertiary/aromatic N) is 2. The van der Waals surface area contributed by atoms with E-state index in [0.29, 0.717) is 11.1 Å². The molecule has 2 aromatic carbocycles. The number of para-hydroxylation sites is 1. The van der Waals surface area contributed by atoms with Gasteiger partial charge in [-0.05, 0) is 42.5 Å².